The second kappa shape index (κ2) is 18.1. The number of nitriles is 2. The van der Waals surface area contributed by atoms with Gasteiger partial charge in [0.05, 0.1) is 33.1 Å². The molecule has 4 aromatic carbocycles. The van der Waals surface area contributed by atoms with E-state index in [1.807, 2.05) is 46.0 Å². The second-order valence-electron chi connectivity index (χ2n) is 19.3. The molecule has 21 heteroatoms. The summed E-state index contributed by atoms with van der Waals surface area (Å²) in [5.41, 5.74) is -8.70. The summed E-state index contributed by atoms with van der Waals surface area (Å²) in [6.07, 6.45) is -4.83. The minimum absolute atomic E-state index is 0.00334. The van der Waals surface area contributed by atoms with E-state index < -0.39 is 114 Å². The van der Waals surface area contributed by atoms with Crippen LogP contribution in [0, 0.1) is 34.3 Å². The summed E-state index contributed by atoms with van der Waals surface area (Å²) in [5.74, 6) is -2.24. The van der Waals surface area contributed by atoms with Gasteiger partial charge in [0.15, 0.2) is 8.32 Å². The van der Waals surface area contributed by atoms with Crippen LogP contribution in [0.15, 0.2) is 58.3 Å². The van der Waals surface area contributed by atoms with E-state index in [-0.39, 0.29) is 34.2 Å². The van der Waals surface area contributed by atoms with Crippen molar-refractivity contribution < 1.29 is 70.3 Å². The van der Waals surface area contributed by atoms with Crippen molar-refractivity contribution >= 4 is 28.0 Å². The average Bonchev–Trinajstić information content (AvgIpc) is 3.73. The van der Waals surface area contributed by atoms with Gasteiger partial charge in [-0.25, -0.2) is 34.4 Å². The van der Waals surface area contributed by atoms with E-state index in [1.54, 1.807) is 0 Å². The Morgan fingerprint density at radius 2 is 1.06 bits per heavy atom. The van der Waals surface area contributed by atoms with Crippen molar-refractivity contribution in [3.63, 3.8) is 0 Å². The number of aryl methyl sites for hydroxylation is 2. The largest absolute Gasteiger partial charge is 0.501 e. The van der Waals surface area contributed by atoms with E-state index in [1.165, 1.54) is 24.3 Å². The van der Waals surface area contributed by atoms with Crippen LogP contribution in [0.25, 0.3) is 0 Å². The Kier molecular flexibility index (Phi) is 13.7. The number of aliphatic hydroxyl groups is 1. The molecule has 1 N–H and O–H groups in total. The molecule has 370 valence electrons. The molecule has 69 heavy (non-hydrogen) atoms. The molecular formula is C48H46F10N2O6S2Si. The van der Waals surface area contributed by atoms with E-state index in [9.17, 15) is 72.0 Å². The van der Waals surface area contributed by atoms with Crippen LogP contribution in [-0.2, 0) is 49.8 Å². The highest BCUT2D eigenvalue weighted by molar-refractivity contribution is 7.92. The third-order valence-electron chi connectivity index (χ3n) is 14.2. The molecule has 0 radical (unpaired) electrons. The number of nitrogens with zero attached hydrogens (tertiary/aromatic N) is 2. The van der Waals surface area contributed by atoms with Crippen molar-refractivity contribution in [1.29, 1.82) is 10.5 Å². The summed E-state index contributed by atoms with van der Waals surface area (Å²) in [5, 5.41) is 29.0. The van der Waals surface area contributed by atoms with Gasteiger partial charge in [0.2, 0.25) is 0 Å². The lowest BCUT2D eigenvalue weighted by molar-refractivity contribution is -0.0443. The van der Waals surface area contributed by atoms with Crippen molar-refractivity contribution in [2.45, 2.75) is 147 Å². The van der Waals surface area contributed by atoms with Crippen LogP contribution in [0.4, 0.5) is 43.9 Å². The number of benzene rings is 4. The van der Waals surface area contributed by atoms with Gasteiger partial charge in [0.1, 0.15) is 36.2 Å². The van der Waals surface area contributed by atoms with E-state index >= 15 is 4.39 Å². The van der Waals surface area contributed by atoms with Crippen molar-refractivity contribution in [3.8, 4) is 12.1 Å². The van der Waals surface area contributed by atoms with Gasteiger partial charge in [-0.1, -0.05) is 32.9 Å². The molecule has 0 unspecified atom stereocenters. The van der Waals surface area contributed by atoms with Gasteiger partial charge in [-0.05, 0) is 138 Å². The maximum absolute atomic E-state index is 15.7. The first-order valence-electron chi connectivity index (χ1n) is 21.9. The van der Waals surface area contributed by atoms with Crippen LogP contribution >= 0.6 is 0 Å². The fraction of sp³-hybridized carbons (Fsp3) is 0.458. The summed E-state index contributed by atoms with van der Waals surface area (Å²) in [7, 11) is -14.4. The van der Waals surface area contributed by atoms with Gasteiger partial charge in [0.25, 0.3) is 19.7 Å². The maximum atomic E-state index is 15.7. The average molecular weight is 1030 g/mol. The Morgan fingerprint density at radius 3 is 1.46 bits per heavy atom. The van der Waals surface area contributed by atoms with Gasteiger partial charge in [0, 0.05) is 35.8 Å². The second-order valence-corrected chi connectivity index (χ2v) is 27.9. The summed E-state index contributed by atoms with van der Waals surface area (Å²) in [6.45, 7) is 9.34. The molecular weight excluding hydrogens is 983 g/mol. The predicted octanol–water partition coefficient (Wildman–Crippen LogP) is 11.8. The molecule has 4 aliphatic carbocycles. The van der Waals surface area contributed by atoms with Gasteiger partial charge in [-0.15, -0.1) is 0 Å². The first-order valence-corrected chi connectivity index (χ1v) is 27.8. The number of rotatable bonds is 6. The molecule has 0 aliphatic heterocycles. The third kappa shape index (κ3) is 9.11. The minimum atomic E-state index is -5.81. The highest BCUT2D eigenvalue weighted by atomic mass is 32.2. The Morgan fingerprint density at radius 1 is 0.652 bits per heavy atom. The fourth-order valence-corrected chi connectivity index (χ4v) is 13.4. The molecule has 4 aromatic rings. The molecule has 0 fully saturated rings. The minimum Gasteiger partial charge on any atom is -0.407 e. The quantitative estimate of drug-likeness (QED) is 0.148. The fourth-order valence-electron chi connectivity index (χ4n) is 10.1. The van der Waals surface area contributed by atoms with Gasteiger partial charge < -0.3 is 9.53 Å². The normalized spacial score (nSPS) is 22.6. The molecule has 4 aliphatic rings. The molecule has 0 spiro atoms. The first kappa shape index (κ1) is 52.0. The van der Waals surface area contributed by atoms with Crippen molar-refractivity contribution in [3.05, 3.63) is 127 Å². The van der Waals surface area contributed by atoms with Crippen LogP contribution in [-0.4, -0.2) is 53.6 Å². The summed E-state index contributed by atoms with van der Waals surface area (Å²) >= 11 is 0. The van der Waals surface area contributed by atoms with E-state index in [0.29, 0.717) is 71.9 Å². The summed E-state index contributed by atoms with van der Waals surface area (Å²) < 4.78 is 195. The van der Waals surface area contributed by atoms with Crippen molar-refractivity contribution in [2.75, 3.05) is 0 Å². The SMILES string of the molecule is CC(C)(C)[Si](C)(C)O[C@H]1c2c(S(=O)(=O)C(F)(F)F)ccc([C@@H]3CCCc4cc(F)cc(C#N)c43)c2C[C@H]1F.N#Cc1cc(F)cc2c1[C@H](c1ccc(S(=O)(=O)C(F)(F)F)c3c1C[C@@H](F)[C@H]3O)CCC2. The molecule has 0 amide bonds. The smallest absolute Gasteiger partial charge is 0.407 e. The Hall–Kier alpha value is -4.80. The monoisotopic (exact) mass is 1030 g/mol. The Balaban J connectivity index is 0.000000208. The molecule has 0 aromatic heterocycles. The van der Waals surface area contributed by atoms with Gasteiger partial charge in [-0.2, -0.15) is 36.9 Å². The van der Waals surface area contributed by atoms with Crippen LogP contribution in [0.3, 0.4) is 0 Å². The third-order valence-corrected chi connectivity index (χ3v) is 21.7. The lowest BCUT2D eigenvalue weighted by atomic mass is 9.75. The van der Waals surface area contributed by atoms with Gasteiger partial charge >= 0.3 is 11.0 Å². The summed E-state index contributed by atoms with van der Waals surface area (Å²) in [4.78, 5) is -2.16. The number of fused-ring (bicyclic) bond motifs is 4. The number of halogens is 10. The summed E-state index contributed by atoms with van der Waals surface area (Å²) in [6, 6.07) is 12.8. The van der Waals surface area contributed by atoms with E-state index in [4.69, 9.17) is 4.43 Å². The predicted molar refractivity (Wildman–Crippen MR) is 234 cm³/mol. The van der Waals surface area contributed by atoms with Crippen LogP contribution in [0.2, 0.25) is 18.1 Å². The van der Waals surface area contributed by atoms with Crippen LogP contribution in [0.5, 0.6) is 0 Å². The number of hydrogen-bond donors (Lipinski definition) is 1. The Bertz CT molecular complexity index is 3050. The molecule has 8 nitrogen and oxygen atoms in total. The van der Waals surface area contributed by atoms with Crippen LogP contribution < -0.4 is 0 Å². The zero-order valence-electron chi connectivity index (χ0n) is 37.7. The number of aliphatic hydroxyl groups excluding tert-OH is 1. The zero-order valence-corrected chi connectivity index (χ0v) is 40.4. The highest BCUT2D eigenvalue weighted by Crippen LogP contribution is 2.53. The number of sulfone groups is 2. The van der Waals surface area contributed by atoms with Crippen molar-refractivity contribution in [2.24, 2.45) is 0 Å². The molecule has 0 heterocycles. The topological polar surface area (TPSA) is 145 Å². The molecule has 6 atom stereocenters. The first-order chi connectivity index (χ1) is 31.9. The molecule has 0 bridgehead atoms. The Labute approximate surface area is 393 Å². The van der Waals surface area contributed by atoms with Crippen molar-refractivity contribution in [1.82, 2.24) is 0 Å². The highest BCUT2D eigenvalue weighted by Gasteiger charge is 2.54. The lowest BCUT2D eigenvalue weighted by Crippen LogP contribution is -2.43. The standard InChI is InChI=1S/C27H30F5NO3SSi.C21H16F5NO3S/c1-26(2,3)38(4,5)36-25-21(29)13-20-18(9-10-22(24(20)25)37(34,35)27(30,31)32)19-8-6-7-15-11-17(28)12-16(14-33)23(15)19;22-12-6-10-2-1-3-14(18(10)11(7-12)9-27)13-4-5-17(31(29,30)21(24,25)26)19-15(13)8-16(23)20(19)28/h9-12,19,21,25H,6-8,13H2,1-5H3;4-7,14,16,20,28H,1-3,8H2/t19-,21+,25+;14-,16+,20+/m00/s1. The van der Waals surface area contributed by atoms with Gasteiger partial charge in [-0.3, -0.25) is 0 Å². The lowest BCUT2D eigenvalue weighted by Gasteiger charge is -2.39. The van der Waals surface area contributed by atoms with Crippen LogP contribution in [0.1, 0.15) is 137 Å². The molecule has 8 rings (SSSR count). The van der Waals surface area contributed by atoms with E-state index in [0.717, 1.165) is 24.3 Å². The molecule has 0 saturated carbocycles. The number of hydrogen-bond acceptors (Lipinski definition) is 8. The van der Waals surface area contributed by atoms with E-state index in [2.05, 4.69) is 0 Å². The zero-order chi connectivity index (χ0) is 51.1. The number of alkyl halides is 8. The molecule has 0 saturated heterocycles. The maximum Gasteiger partial charge on any atom is 0.501 e.